The molecule has 4 rings (SSSR count). The van der Waals surface area contributed by atoms with Gasteiger partial charge in [-0.15, -0.1) is 0 Å². The lowest BCUT2D eigenvalue weighted by atomic mass is 10.1. The van der Waals surface area contributed by atoms with Gasteiger partial charge in [-0.2, -0.15) is 0 Å². The fourth-order valence-corrected chi connectivity index (χ4v) is 3.07. The number of H-pyrrole nitrogens is 1. The van der Waals surface area contributed by atoms with Crippen LogP contribution in [-0.2, 0) is 18.3 Å². The molecular formula is C20H17N3O4. The Morgan fingerprint density at radius 1 is 1.15 bits per heavy atom. The molecule has 136 valence electrons. The molecule has 0 spiro atoms. The van der Waals surface area contributed by atoms with Crippen LogP contribution in [0.2, 0.25) is 0 Å². The Balaban J connectivity index is 1.56. The van der Waals surface area contributed by atoms with Gasteiger partial charge in [0.1, 0.15) is 0 Å². The SMILES string of the molecule is Cc1cc2cc(CC(=O)Nc3ccc4oc(=O)n(C)c4c3)ccc2[nH]c1=O. The number of nitrogens with zero attached hydrogens (tertiary/aromatic N) is 1. The van der Waals surface area contributed by atoms with Crippen LogP contribution in [0, 0.1) is 6.92 Å². The molecule has 2 N–H and O–H groups in total. The molecule has 2 aromatic heterocycles. The van der Waals surface area contributed by atoms with E-state index in [0.717, 1.165) is 16.5 Å². The lowest BCUT2D eigenvalue weighted by Gasteiger charge is -2.07. The summed E-state index contributed by atoms with van der Waals surface area (Å²) in [5.74, 6) is -0.624. The molecule has 1 amide bonds. The molecule has 2 aromatic carbocycles. The van der Waals surface area contributed by atoms with Crippen LogP contribution in [0.1, 0.15) is 11.1 Å². The predicted octanol–water partition coefficient (Wildman–Crippen LogP) is 2.46. The van der Waals surface area contributed by atoms with Crippen molar-refractivity contribution in [1.82, 2.24) is 9.55 Å². The van der Waals surface area contributed by atoms with Gasteiger partial charge >= 0.3 is 5.76 Å². The van der Waals surface area contributed by atoms with E-state index in [2.05, 4.69) is 10.3 Å². The number of hydrogen-bond donors (Lipinski definition) is 2. The lowest BCUT2D eigenvalue weighted by molar-refractivity contribution is -0.115. The summed E-state index contributed by atoms with van der Waals surface area (Å²) in [6.45, 7) is 1.75. The number of benzene rings is 2. The molecule has 0 radical (unpaired) electrons. The first-order valence-corrected chi connectivity index (χ1v) is 8.43. The Morgan fingerprint density at radius 3 is 2.78 bits per heavy atom. The number of hydrogen-bond acceptors (Lipinski definition) is 4. The third-order valence-corrected chi connectivity index (χ3v) is 4.53. The van der Waals surface area contributed by atoms with Crippen molar-refractivity contribution in [2.75, 3.05) is 5.32 Å². The number of carbonyl (C=O) groups excluding carboxylic acids is 1. The highest BCUT2D eigenvalue weighted by Gasteiger charge is 2.10. The van der Waals surface area contributed by atoms with Gasteiger partial charge in [0, 0.05) is 23.8 Å². The van der Waals surface area contributed by atoms with Gasteiger partial charge in [0.25, 0.3) is 5.56 Å². The van der Waals surface area contributed by atoms with Crippen molar-refractivity contribution in [2.45, 2.75) is 13.3 Å². The summed E-state index contributed by atoms with van der Waals surface area (Å²) in [6.07, 6.45) is 0.191. The van der Waals surface area contributed by atoms with Crippen LogP contribution in [0.4, 0.5) is 5.69 Å². The Bertz CT molecular complexity index is 1310. The second-order valence-electron chi connectivity index (χ2n) is 6.54. The van der Waals surface area contributed by atoms with Gasteiger partial charge in [-0.05, 0) is 54.3 Å². The number of aromatic nitrogens is 2. The molecule has 0 unspecified atom stereocenters. The number of nitrogens with one attached hydrogen (secondary N) is 2. The molecule has 0 atom stereocenters. The number of carbonyl (C=O) groups is 1. The van der Waals surface area contributed by atoms with Crippen molar-refractivity contribution < 1.29 is 9.21 Å². The third kappa shape index (κ3) is 3.15. The molecule has 2 heterocycles. The zero-order chi connectivity index (χ0) is 19.1. The lowest BCUT2D eigenvalue weighted by Crippen LogP contribution is -2.15. The number of rotatable bonds is 3. The first-order chi connectivity index (χ1) is 12.9. The van der Waals surface area contributed by atoms with Crippen LogP contribution in [-0.4, -0.2) is 15.5 Å². The van der Waals surface area contributed by atoms with E-state index in [1.807, 2.05) is 18.2 Å². The summed E-state index contributed by atoms with van der Waals surface area (Å²) in [5.41, 5.74) is 3.76. The van der Waals surface area contributed by atoms with Crippen LogP contribution in [0.3, 0.4) is 0 Å². The largest absolute Gasteiger partial charge is 0.419 e. The van der Waals surface area contributed by atoms with E-state index >= 15 is 0 Å². The monoisotopic (exact) mass is 363 g/mol. The molecule has 0 bridgehead atoms. The molecule has 4 aromatic rings. The maximum absolute atomic E-state index is 12.4. The topological polar surface area (TPSA) is 97.1 Å². The summed E-state index contributed by atoms with van der Waals surface area (Å²) in [6, 6.07) is 12.4. The van der Waals surface area contributed by atoms with Crippen LogP contribution in [0.25, 0.3) is 22.0 Å². The first kappa shape index (κ1) is 16.8. The van der Waals surface area contributed by atoms with Gasteiger partial charge in [0.15, 0.2) is 5.58 Å². The second kappa shape index (κ2) is 6.28. The van der Waals surface area contributed by atoms with Crippen molar-refractivity contribution in [2.24, 2.45) is 7.05 Å². The van der Waals surface area contributed by atoms with E-state index in [4.69, 9.17) is 4.42 Å². The van der Waals surface area contributed by atoms with E-state index in [1.54, 1.807) is 38.2 Å². The molecule has 0 aliphatic heterocycles. The smallest absolute Gasteiger partial charge is 0.408 e. The molecule has 0 saturated heterocycles. The molecule has 0 fully saturated rings. The predicted molar refractivity (Wildman–Crippen MR) is 103 cm³/mol. The summed E-state index contributed by atoms with van der Waals surface area (Å²) in [4.78, 5) is 38.4. The van der Waals surface area contributed by atoms with Crippen molar-refractivity contribution in [3.63, 3.8) is 0 Å². The highest BCUT2D eigenvalue weighted by molar-refractivity contribution is 5.94. The van der Waals surface area contributed by atoms with E-state index < -0.39 is 5.76 Å². The maximum Gasteiger partial charge on any atom is 0.419 e. The van der Waals surface area contributed by atoms with E-state index in [0.29, 0.717) is 22.4 Å². The third-order valence-electron chi connectivity index (χ3n) is 4.53. The Hall–Kier alpha value is -3.61. The Kier molecular flexibility index (Phi) is 3.92. The molecule has 27 heavy (non-hydrogen) atoms. The first-order valence-electron chi connectivity index (χ1n) is 8.43. The Morgan fingerprint density at radius 2 is 1.96 bits per heavy atom. The number of fused-ring (bicyclic) bond motifs is 2. The number of aryl methyl sites for hydroxylation is 2. The molecule has 0 aliphatic carbocycles. The number of pyridine rings is 1. The molecule has 7 nitrogen and oxygen atoms in total. The second-order valence-corrected chi connectivity index (χ2v) is 6.54. The van der Waals surface area contributed by atoms with Gasteiger partial charge in [0.2, 0.25) is 5.91 Å². The van der Waals surface area contributed by atoms with Crippen molar-refractivity contribution >= 4 is 33.6 Å². The molecule has 0 saturated carbocycles. The minimum absolute atomic E-state index is 0.114. The standard InChI is InChI=1S/C20H17N3O4/c1-11-7-13-8-12(3-5-15(13)22-19(11)25)9-18(24)21-14-4-6-17-16(10-14)23(2)20(26)27-17/h3-8,10H,9H2,1-2H3,(H,21,24)(H,22,25). The highest BCUT2D eigenvalue weighted by Crippen LogP contribution is 2.19. The van der Waals surface area contributed by atoms with Crippen molar-refractivity contribution in [3.05, 3.63) is 74.5 Å². The van der Waals surface area contributed by atoms with Gasteiger partial charge in [-0.25, -0.2) is 4.79 Å². The summed E-state index contributed by atoms with van der Waals surface area (Å²) < 4.78 is 6.47. The number of amides is 1. The van der Waals surface area contributed by atoms with Crippen LogP contribution >= 0.6 is 0 Å². The van der Waals surface area contributed by atoms with Gasteiger partial charge < -0.3 is 14.7 Å². The fraction of sp³-hybridized carbons (Fsp3) is 0.150. The number of anilines is 1. The summed E-state index contributed by atoms with van der Waals surface area (Å²) >= 11 is 0. The normalized spacial score (nSPS) is 11.2. The van der Waals surface area contributed by atoms with Crippen molar-refractivity contribution in [3.8, 4) is 0 Å². The minimum Gasteiger partial charge on any atom is -0.408 e. The van der Waals surface area contributed by atoms with Gasteiger partial charge in [-0.1, -0.05) is 6.07 Å². The van der Waals surface area contributed by atoms with Gasteiger partial charge in [-0.3, -0.25) is 14.2 Å². The van der Waals surface area contributed by atoms with Crippen LogP contribution < -0.4 is 16.6 Å². The van der Waals surface area contributed by atoms with Crippen LogP contribution in [0.5, 0.6) is 0 Å². The zero-order valence-electron chi connectivity index (χ0n) is 14.8. The van der Waals surface area contributed by atoms with E-state index in [1.165, 1.54) is 4.57 Å². The van der Waals surface area contributed by atoms with E-state index in [9.17, 15) is 14.4 Å². The minimum atomic E-state index is -0.446. The summed E-state index contributed by atoms with van der Waals surface area (Å²) in [7, 11) is 1.61. The zero-order valence-corrected chi connectivity index (χ0v) is 14.8. The number of aromatic amines is 1. The number of oxazole rings is 1. The average molecular weight is 363 g/mol. The quantitative estimate of drug-likeness (QED) is 0.584. The summed E-state index contributed by atoms with van der Waals surface area (Å²) in [5, 5.41) is 3.72. The highest BCUT2D eigenvalue weighted by atomic mass is 16.4. The fourth-order valence-electron chi connectivity index (χ4n) is 3.07. The molecule has 7 heteroatoms. The van der Waals surface area contributed by atoms with Gasteiger partial charge in [0.05, 0.1) is 11.9 Å². The maximum atomic E-state index is 12.4. The molecule has 0 aliphatic rings. The van der Waals surface area contributed by atoms with Crippen LogP contribution in [0.15, 0.2) is 56.5 Å². The Labute approximate surface area is 153 Å². The van der Waals surface area contributed by atoms with E-state index in [-0.39, 0.29) is 17.9 Å². The molecular weight excluding hydrogens is 346 g/mol. The average Bonchev–Trinajstić information content (AvgIpc) is 2.90. The van der Waals surface area contributed by atoms with Crippen molar-refractivity contribution in [1.29, 1.82) is 0 Å².